The van der Waals surface area contributed by atoms with E-state index in [0.29, 0.717) is 10.0 Å². The van der Waals surface area contributed by atoms with Gasteiger partial charge in [0.05, 0.1) is 5.56 Å². The molecule has 0 fully saturated rings. The van der Waals surface area contributed by atoms with E-state index in [1.165, 1.54) is 17.0 Å². The minimum Gasteiger partial charge on any atom is -0.508 e. The molecule has 0 bridgehead atoms. The molecule has 0 aliphatic heterocycles. The predicted molar refractivity (Wildman–Crippen MR) is 53.8 cm³/mol. The lowest BCUT2D eigenvalue weighted by molar-refractivity contribution is 0.0826. The molecule has 0 aromatic heterocycles. The highest BCUT2D eigenvalue weighted by Gasteiger charge is 2.11. The van der Waals surface area contributed by atoms with Gasteiger partial charge in [0.15, 0.2) is 0 Å². The van der Waals surface area contributed by atoms with Gasteiger partial charge in [0, 0.05) is 18.6 Å². The molecule has 0 heterocycles. The summed E-state index contributed by atoms with van der Waals surface area (Å²) in [5, 5.41) is 9.10. The lowest BCUT2D eigenvalue weighted by Crippen LogP contribution is -2.21. The lowest BCUT2D eigenvalue weighted by Gasteiger charge is -2.11. The molecule has 0 saturated heterocycles. The molecule has 1 amide bonds. The number of hydrogen-bond donors (Lipinski definition) is 1. The minimum atomic E-state index is -0.0909. The molecule has 0 aliphatic carbocycles. The standard InChI is InChI=1S/C9H10BrNO2/c1-11(2)9(13)7-4-3-6(12)5-8(7)10/h3-5,12H,1-2H3. The van der Waals surface area contributed by atoms with Crippen molar-refractivity contribution >= 4 is 21.8 Å². The van der Waals surface area contributed by atoms with Crippen molar-refractivity contribution in [2.75, 3.05) is 14.1 Å². The van der Waals surface area contributed by atoms with Crippen molar-refractivity contribution in [1.82, 2.24) is 4.90 Å². The first kappa shape index (κ1) is 10.1. The van der Waals surface area contributed by atoms with Crippen molar-refractivity contribution in [3.05, 3.63) is 28.2 Å². The molecule has 0 spiro atoms. The number of phenolic OH excluding ortho intramolecular Hbond substituents is 1. The van der Waals surface area contributed by atoms with Crippen molar-refractivity contribution in [3.63, 3.8) is 0 Å². The largest absolute Gasteiger partial charge is 0.508 e. The topological polar surface area (TPSA) is 40.5 Å². The van der Waals surface area contributed by atoms with Gasteiger partial charge in [-0.2, -0.15) is 0 Å². The van der Waals surface area contributed by atoms with Crippen LogP contribution >= 0.6 is 15.9 Å². The highest BCUT2D eigenvalue weighted by Crippen LogP contribution is 2.22. The number of carbonyl (C=O) groups is 1. The van der Waals surface area contributed by atoms with Crippen LogP contribution in [0.3, 0.4) is 0 Å². The van der Waals surface area contributed by atoms with Crippen molar-refractivity contribution in [2.24, 2.45) is 0 Å². The van der Waals surface area contributed by atoms with Gasteiger partial charge in [-0.3, -0.25) is 4.79 Å². The molecule has 1 N–H and O–H groups in total. The van der Waals surface area contributed by atoms with Crippen LogP contribution in [-0.2, 0) is 0 Å². The minimum absolute atomic E-state index is 0.0909. The summed E-state index contributed by atoms with van der Waals surface area (Å²) in [7, 11) is 3.36. The van der Waals surface area contributed by atoms with Crippen LogP contribution in [0.5, 0.6) is 5.75 Å². The number of phenols is 1. The third-order valence-corrected chi connectivity index (χ3v) is 2.25. The maximum atomic E-state index is 11.5. The van der Waals surface area contributed by atoms with Gasteiger partial charge in [0.25, 0.3) is 5.91 Å². The van der Waals surface area contributed by atoms with Gasteiger partial charge in [-0.1, -0.05) is 0 Å². The average Bonchev–Trinajstić information content (AvgIpc) is 2.03. The summed E-state index contributed by atoms with van der Waals surface area (Å²) in [6, 6.07) is 4.57. The molecular formula is C9H10BrNO2. The Hall–Kier alpha value is -1.03. The SMILES string of the molecule is CN(C)C(=O)c1ccc(O)cc1Br. The molecule has 13 heavy (non-hydrogen) atoms. The molecule has 4 heteroatoms. The van der Waals surface area contributed by atoms with Gasteiger partial charge < -0.3 is 10.0 Å². The molecule has 70 valence electrons. The van der Waals surface area contributed by atoms with Crippen LogP contribution in [0.15, 0.2) is 22.7 Å². The number of amides is 1. The van der Waals surface area contributed by atoms with E-state index >= 15 is 0 Å². The average molecular weight is 244 g/mol. The van der Waals surface area contributed by atoms with Gasteiger partial charge in [0.2, 0.25) is 0 Å². The zero-order valence-electron chi connectivity index (χ0n) is 7.41. The van der Waals surface area contributed by atoms with E-state index in [9.17, 15) is 4.79 Å². The van der Waals surface area contributed by atoms with E-state index in [-0.39, 0.29) is 11.7 Å². The summed E-state index contributed by atoms with van der Waals surface area (Å²) in [5.74, 6) is 0.0501. The quantitative estimate of drug-likeness (QED) is 0.819. The molecule has 0 aliphatic rings. The van der Waals surface area contributed by atoms with Crippen LogP contribution in [0.1, 0.15) is 10.4 Å². The molecule has 3 nitrogen and oxygen atoms in total. The van der Waals surface area contributed by atoms with Crippen molar-refractivity contribution in [1.29, 1.82) is 0 Å². The number of aromatic hydroxyl groups is 1. The van der Waals surface area contributed by atoms with Crippen LogP contribution in [0.2, 0.25) is 0 Å². The summed E-state index contributed by atoms with van der Waals surface area (Å²) >= 11 is 3.21. The fourth-order valence-corrected chi connectivity index (χ4v) is 1.45. The first-order valence-corrected chi connectivity index (χ1v) is 4.52. The number of carbonyl (C=O) groups excluding carboxylic acids is 1. The number of benzene rings is 1. The van der Waals surface area contributed by atoms with Crippen LogP contribution in [-0.4, -0.2) is 30.0 Å². The van der Waals surface area contributed by atoms with Crippen LogP contribution in [0.4, 0.5) is 0 Å². The predicted octanol–water partition coefficient (Wildman–Crippen LogP) is 1.86. The van der Waals surface area contributed by atoms with Gasteiger partial charge in [-0.15, -0.1) is 0 Å². The van der Waals surface area contributed by atoms with Gasteiger partial charge in [-0.05, 0) is 34.1 Å². The fraction of sp³-hybridized carbons (Fsp3) is 0.222. The molecule has 1 aromatic carbocycles. The highest BCUT2D eigenvalue weighted by molar-refractivity contribution is 9.10. The smallest absolute Gasteiger partial charge is 0.254 e. The Bertz CT molecular complexity index is 336. The Labute approximate surface area is 85.1 Å². The second-order valence-corrected chi connectivity index (χ2v) is 3.72. The van der Waals surface area contributed by atoms with E-state index in [1.54, 1.807) is 20.2 Å². The van der Waals surface area contributed by atoms with E-state index in [1.807, 2.05) is 0 Å². The first-order valence-electron chi connectivity index (χ1n) is 3.72. The highest BCUT2D eigenvalue weighted by atomic mass is 79.9. The Morgan fingerprint density at radius 3 is 2.54 bits per heavy atom. The molecule has 0 atom stereocenters. The molecule has 1 aromatic rings. The summed E-state index contributed by atoms with van der Waals surface area (Å²) in [5.41, 5.74) is 0.544. The van der Waals surface area contributed by atoms with E-state index in [2.05, 4.69) is 15.9 Å². The zero-order chi connectivity index (χ0) is 10.0. The maximum Gasteiger partial charge on any atom is 0.254 e. The number of nitrogens with zero attached hydrogens (tertiary/aromatic N) is 1. The summed E-state index contributed by atoms with van der Waals surface area (Å²) in [6.07, 6.45) is 0. The van der Waals surface area contributed by atoms with Crippen LogP contribution in [0, 0.1) is 0 Å². The third kappa shape index (κ3) is 2.21. The van der Waals surface area contributed by atoms with Crippen LogP contribution in [0.25, 0.3) is 0 Å². The number of halogens is 1. The Morgan fingerprint density at radius 1 is 1.46 bits per heavy atom. The molecule has 0 saturated carbocycles. The first-order chi connectivity index (χ1) is 6.02. The Balaban J connectivity index is 3.09. The van der Waals surface area contributed by atoms with Gasteiger partial charge >= 0.3 is 0 Å². The summed E-state index contributed by atoms with van der Waals surface area (Å²) < 4.78 is 0.603. The zero-order valence-corrected chi connectivity index (χ0v) is 9.00. The Morgan fingerprint density at radius 2 is 2.08 bits per heavy atom. The van der Waals surface area contributed by atoms with E-state index < -0.39 is 0 Å². The van der Waals surface area contributed by atoms with Crippen molar-refractivity contribution in [3.8, 4) is 5.75 Å². The van der Waals surface area contributed by atoms with Gasteiger partial charge in [-0.25, -0.2) is 0 Å². The molecule has 0 radical (unpaired) electrons. The molecule has 1 rings (SSSR count). The van der Waals surface area contributed by atoms with Crippen molar-refractivity contribution < 1.29 is 9.90 Å². The second kappa shape index (κ2) is 3.79. The van der Waals surface area contributed by atoms with E-state index in [0.717, 1.165) is 0 Å². The Kier molecular flexibility index (Phi) is 2.93. The molecular weight excluding hydrogens is 234 g/mol. The van der Waals surface area contributed by atoms with Crippen molar-refractivity contribution in [2.45, 2.75) is 0 Å². The normalized spacial score (nSPS) is 9.77. The number of hydrogen-bond acceptors (Lipinski definition) is 2. The third-order valence-electron chi connectivity index (χ3n) is 1.59. The fourth-order valence-electron chi connectivity index (χ4n) is 0.918. The second-order valence-electron chi connectivity index (χ2n) is 2.86. The lowest BCUT2D eigenvalue weighted by atomic mass is 10.2. The van der Waals surface area contributed by atoms with Gasteiger partial charge in [0.1, 0.15) is 5.75 Å². The maximum absolute atomic E-state index is 11.5. The van der Waals surface area contributed by atoms with E-state index in [4.69, 9.17) is 5.11 Å². The summed E-state index contributed by atoms with van der Waals surface area (Å²) in [6.45, 7) is 0. The number of rotatable bonds is 1. The summed E-state index contributed by atoms with van der Waals surface area (Å²) in [4.78, 5) is 13.0. The van der Waals surface area contributed by atoms with Crippen LogP contribution < -0.4 is 0 Å². The molecule has 0 unspecified atom stereocenters. The monoisotopic (exact) mass is 243 g/mol.